The van der Waals surface area contributed by atoms with Crippen molar-refractivity contribution in [3.8, 4) is 22.4 Å². The van der Waals surface area contributed by atoms with Crippen LogP contribution < -0.4 is 0 Å². The minimum atomic E-state index is 0.517. The number of nitrogens with zero attached hydrogens (tertiary/aromatic N) is 2. The maximum absolute atomic E-state index is 5.53. The summed E-state index contributed by atoms with van der Waals surface area (Å²) in [4.78, 5) is 4.01. The van der Waals surface area contributed by atoms with E-state index in [4.69, 9.17) is 4.42 Å². The fourth-order valence-corrected chi connectivity index (χ4v) is 1.94. The van der Waals surface area contributed by atoms with Gasteiger partial charge in [0.25, 0.3) is 11.8 Å². The molecule has 0 bridgehead atoms. The average molecular weight is 217 g/mol. The highest BCUT2D eigenvalue weighted by molar-refractivity contribution is 7.13. The highest BCUT2D eigenvalue weighted by Crippen LogP contribution is 2.25. The lowest BCUT2D eigenvalue weighted by atomic mass is 10.4. The van der Waals surface area contributed by atoms with Crippen LogP contribution in [0.2, 0.25) is 0 Å². The van der Waals surface area contributed by atoms with Gasteiger partial charge in [0, 0.05) is 6.20 Å². The van der Waals surface area contributed by atoms with Crippen molar-refractivity contribution in [2.45, 2.75) is 0 Å². The van der Waals surface area contributed by atoms with Crippen LogP contribution in [0.1, 0.15) is 0 Å². The van der Waals surface area contributed by atoms with Crippen LogP contribution in [0.5, 0.6) is 0 Å². The molecule has 1 N–H and O–H groups in total. The predicted octanol–water partition coefficient (Wildman–Crippen LogP) is 2.79. The molecule has 3 aromatic rings. The molecular formula is C10H7N3OS. The second kappa shape index (κ2) is 3.36. The molecular weight excluding hydrogens is 210 g/mol. The number of hydrogen-bond acceptors (Lipinski definition) is 4. The molecule has 0 saturated carbocycles. The summed E-state index contributed by atoms with van der Waals surface area (Å²) in [6.07, 6.45) is 1.82. The molecule has 0 amide bonds. The number of hydrogen-bond donors (Lipinski definition) is 1. The number of aromatic amines is 1. The molecule has 0 unspecified atom stereocenters. The van der Waals surface area contributed by atoms with Crippen molar-refractivity contribution in [3.05, 3.63) is 35.8 Å². The Kier molecular flexibility index (Phi) is 1.89. The molecule has 15 heavy (non-hydrogen) atoms. The summed E-state index contributed by atoms with van der Waals surface area (Å²) < 4.78 is 5.53. The van der Waals surface area contributed by atoms with E-state index < -0.39 is 0 Å². The lowest BCUT2D eigenvalue weighted by Crippen LogP contribution is -1.75. The fraction of sp³-hybridized carbons (Fsp3) is 0. The minimum Gasteiger partial charge on any atom is -0.414 e. The zero-order valence-corrected chi connectivity index (χ0v) is 8.49. The van der Waals surface area contributed by atoms with E-state index in [0.29, 0.717) is 11.8 Å². The molecule has 0 radical (unpaired) electrons. The molecule has 0 aliphatic rings. The van der Waals surface area contributed by atoms with Crippen LogP contribution in [0.4, 0.5) is 0 Å². The van der Waals surface area contributed by atoms with E-state index in [0.717, 1.165) is 10.6 Å². The Morgan fingerprint density at radius 2 is 2.07 bits per heavy atom. The second-order valence-corrected chi connectivity index (χ2v) is 3.92. The summed E-state index contributed by atoms with van der Waals surface area (Å²) in [5.74, 6) is 1.08. The van der Waals surface area contributed by atoms with E-state index in [2.05, 4.69) is 15.2 Å². The molecule has 0 fully saturated rings. The van der Waals surface area contributed by atoms with E-state index in [-0.39, 0.29) is 0 Å². The van der Waals surface area contributed by atoms with Crippen molar-refractivity contribution >= 4 is 11.3 Å². The molecule has 74 valence electrons. The quantitative estimate of drug-likeness (QED) is 0.718. The molecule has 0 aliphatic heterocycles. The Labute approximate surface area is 89.6 Å². The standard InChI is InChI=1S/C10H7N3OS/c1-3-7(11-5-1)9-12-13-10(14-9)8-4-2-6-15-8/h1-6,11H. The fourth-order valence-electron chi connectivity index (χ4n) is 1.30. The van der Waals surface area contributed by atoms with Gasteiger partial charge in [-0.2, -0.15) is 0 Å². The molecule has 0 aromatic carbocycles. The van der Waals surface area contributed by atoms with E-state index in [1.54, 1.807) is 11.3 Å². The highest BCUT2D eigenvalue weighted by Gasteiger charge is 2.10. The number of aromatic nitrogens is 3. The zero-order chi connectivity index (χ0) is 10.1. The van der Waals surface area contributed by atoms with Gasteiger partial charge >= 0.3 is 0 Å². The molecule has 3 rings (SSSR count). The molecule has 0 saturated heterocycles. The second-order valence-electron chi connectivity index (χ2n) is 2.97. The average Bonchev–Trinajstić information content (AvgIpc) is 3.02. The Morgan fingerprint density at radius 1 is 1.13 bits per heavy atom. The van der Waals surface area contributed by atoms with Gasteiger partial charge in [-0.1, -0.05) is 6.07 Å². The van der Waals surface area contributed by atoms with Crippen LogP contribution in [0.3, 0.4) is 0 Å². The molecule has 0 spiro atoms. The van der Waals surface area contributed by atoms with E-state index in [1.807, 2.05) is 35.8 Å². The van der Waals surface area contributed by atoms with Crippen molar-refractivity contribution in [2.24, 2.45) is 0 Å². The largest absolute Gasteiger partial charge is 0.414 e. The minimum absolute atomic E-state index is 0.517. The van der Waals surface area contributed by atoms with Crippen molar-refractivity contribution in [1.82, 2.24) is 15.2 Å². The lowest BCUT2D eigenvalue weighted by Gasteiger charge is -1.87. The van der Waals surface area contributed by atoms with Gasteiger partial charge in [0.1, 0.15) is 5.69 Å². The van der Waals surface area contributed by atoms with Gasteiger partial charge in [-0.05, 0) is 23.6 Å². The van der Waals surface area contributed by atoms with Gasteiger partial charge in [0.05, 0.1) is 4.88 Å². The van der Waals surface area contributed by atoms with Crippen molar-refractivity contribution in [2.75, 3.05) is 0 Å². The first-order valence-corrected chi connectivity index (χ1v) is 5.32. The van der Waals surface area contributed by atoms with Gasteiger partial charge in [0.15, 0.2) is 0 Å². The number of thiophene rings is 1. The zero-order valence-electron chi connectivity index (χ0n) is 7.68. The summed E-state index contributed by atoms with van der Waals surface area (Å²) in [7, 11) is 0. The Balaban J connectivity index is 2.02. The summed E-state index contributed by atoms with van der Waals surface area (Å²) >= 11 is 1.58. The lowest BCUT2D eigenvalue weighted by molar-refractivity contribution is 0.584. The monoisotopic (exact) mass is 217 g/mol. The van der Waals surface area contributed by atoms with Crippen LogP contribution in [-0.4, -0.2) is 15.2 Å². The first kappa shape index (κ1) is 8.43. The number of rotatable bonds is 2. The van der Waals surface area contributed by atoms with Gasteiger partial charge < -0.3 is 9.40 Å². The SMILES string of the molecule is c1c[nH]c(-c2nnc(-c3cccs3)o2)c1. The van der Waals surface area contributed by atoms with E-state index in [9.17, 15) is 0 Å². The molecule has 3 heterocycles. The third-order valence-electron chi connectivity index (χ3n) is 1.99. The number of H-pyrrole nitrogens is 1. The van der Waals surface area contributed by atoms with E-state index >= 15 is 0 Å². The van der Waals surface area contributed by atoms with Crippen LogP contribution in [0.15, 0.2) is 40.3 Å². The maximum Gasteiger partial charge on any atom is 0.264 e. The molecule has 3 aromatic heterocycles. The Bertz CT molecular complexity index is 490. The Morgan fingerprint density at radius 3 is 2.80 bits per heavy atom. The van der Waals surface area contributed by atoms with Crippen molar-refractivity contribution in [3.63, 3.8) is 0 Å². The van der Waals surface area contributed by atoms with Crippen LogP contribution >= 0.6 is 11.3 Å². The smallest absolute Gasteiger partial charge is 0.264 e. The van der Waals surface area contributed by atoms with Crippen molar-refractivity contribution in [1.29, 1.82) is 0 Å². The first-order valence-electron chi connectivity index (χ1n) is 4.44. The summed E-state index contributed by atoms with van der Waals surface area (Å²) in [5.41, 5.74) is 0.838. The van der Waals surface area contributed by atoms with Crippen LogP contribution in [0, 0.1) is 0 Å². The molecule has 4 nitrogen and oxygen atoms in total. The molecule has 5 heteroatoms. The molecule has 0 atom stereocenters. The summed E-state index contributed by atoms with van der Waals surface area (Å²) in [5, 5.41) is 9.94. The first-order chi connectivity index (χ1) is 7.43. The topological polar surface area (TPSA) is 54.7 Å². The molecule has 0 aliphatic carbocycles. The van der Waals surface area contributed by atoms with Crippen LogP contribution in [0.25, 0.3) is 22.4 Å². The van der Waals surface area contributed by atoms with Gasteiger partial charge in [-0.3, -0.25) is 0 Å². The van der Waals surface area contributed by atoms with E-state index in [1.165, 1.54) is 0 Å². The third-order valence-corrected chi connectivity index (χ3v) is 2.84. The van der Waals surface area contributed by atoms with Gasteiger partial charge in [0.2, 0.25) is 0 Å². The third kappa shape index (κ3) is 1.46. The van der Waals surface area contributed by atoms with Crippen LogP contribution in [-0.2, 0) is 0 Å². The Hall–Kier alpha value is -1.88. The van der Waals surface area contributed by atoms with Crippen molar-refractivity contribution < 1.29 is 4.42 Å². The summed E-state index contributed by atoms with van der Waals surface area (Å²) in [6, 6.07) is 7.70. The summed E-state index contributed by atoms with van der Waals surface area (Å²) in [6.45, 7) is 0. The maximum atomic E-state index is 5.53. The normalized spacial score (nSPS) is 10.7. The van der Waals surface area contributed by atoms with Gasteiger partial charge in [-0.25, -0.2) is 0 Å². The highest BCUT2D eigenvalue weighted by atomic mass is 32.1. The van der Waals surface area contributed by atoms with Gasteiger partial charge in [-0.15, -0.1) is 21.5 Å². The number of nitrogens with one attached hydrogen (secondary N) is 1. The predicted molar refractivity (Wildman–Crippen MR) is 57.4 cm³/mol.